The Kier molecular flexibility index (Phi) is 2.80. The van der Waals surface area contributed by atoms with E-state index in [1.54, 1.807) is 27.7 Å². The van der Waals surface area contributed by atoms with Gasteiger partial charge in [-0.25, -0.2) is 12.7 Å². The van der Waals surface area contributed by atoms with Crippen molar-refractivity contribution in [3.05, 3.63) is 12.7 Å². The van der Waals surface area contributed by atoms with Crippen LogP contribution in [0.5, 0.6) is 0 Å². The van der Waals surface area contributed by atoms with Crippen LogP contribution >= 0.6 is 0 Å². The fraction of sp³-hybridized carbons (Fsp3) is 0.750. The fourth-order valence-electron chi connectivity index (χ4n) is 2.32. The Morgan fingerprint density at radius 1 is 1.12 bits per heavy atom. The smallest absolute Gasteiger partial charge is 0.259 e. The molecule has 1 aliphatic heterocycles. The summed E-state index contributed by atoms with van der Waals surface area (Å²) in [7, 11) is -3.68. The number of carbonyl (C=O) groups is 1. The Bertz CT molecular complexity index is 472. The van der Waals surface area contributed by atoms with Crippen LogP contribution in [0.2, 0.25) is 0 Å². The van der Waals surface area contributed by atoms with E-state index in [1.165, 1.54) is 0 Å². The van der Waals surface area contributed by atoms with E-state index in [0.717, 1.165) is 10.4 Å². The van der Waals surface area contributed by atoms with Crippen molar-refractivity contribution in [2.75, 3.05) is 0 Å². The summed E-state index contributed by atoms with van der Waals surface area (Å²) in [6.07, 6.45) is 1.05. The van der Waals surface area contributed by atoms with Crippen LogP contribution in [-0.4, -0.2) is 28.9 Å². The van der Waals surface area contributed by atoms with Gasteiger partial charge in [-0.05, 0) is 33.8 Å². The minimum absolute atomic E-state index is 0.558. The molecule has 0 saturated carbocycles. The molecule has 4 nitrogen and oxygen atoms in total. The molecule has 0 aromatic carbocycles. The lowest BCUT2D eigenvalue weighted by atomic mass is 9.67. The first-order valence-corrected chi connectivity index (χ1v) is 7.01. The van der Waals surface area contributed by atoms with Gasteiger partial charge in [0.05, 0.1) is 10.3 Å². The van der Waals surface area contributed by atoms with Gasteiger partial charge in [-0.1, -0.05) is 20.4 Å². The molecule has 17 heavy (non-hydrogen) atoms. The average Bonchev–Trinajstić information content (AvgIpc) is 2.21. The van der Waals surface area contributed by atoms with Crippen LogP contribution in [0.15, 0.2) is 12.7 Å². The van der Waals surface area contributed by atoms with Gasteiger partial charge in [0, 0.05) is 5.41 Å². The Morgan fingerprint density at radius 2 is 1.53 bits per heavy atom. The third kappa shape index (κ3) is 1.35. The third-order valence-electron chi connectivity index (χ3n) is 4.80. The predicted octanol–water partition coefficient (Wildman–Crippen LogP) is 1.93. The first kappa shape index (κ1) is 14.2. The second-order valence-electron chi connectivity index (χ2n) is 6.01. The first-order valence-electron chi connectivity index (χ1n) is 5.57. The second-order valence-corrected chi connectivity index (χ2v) is 8.34. The summed E-state index contributed by atoms with van der Waals surface area (Å²) in [5.41, 5.74) is -1.34. The van der Waals surface area contributed by atoms with E-state index in [2.05, 4.69) is 6.58 Å². The molecule has 0 bridgehead atoms. The molecule has 1 rings (SSSR count). The predicted molar refractivity (Wildman–Crippen MR) is 67.9 cm³/mol. The number of hydrogen-bond acceptors (Lipinski definition) is 3. The van der Waals surface area contributed by atoms with Crippen molar-refractivity contribution in [3.8, 4) is 0 Å². The van der Waals surface area contributed by atoms with Crippen LogP contribution < -0.4 is 0 Å². The molecule has 1 amide bonds. The van der Waals surface area contributed by atoms with Gasteiger partial charge in [-0.15, -0.1) is 0 Å². The minimum atomic E-state index is -3.68. The first-order chi connectivity index (χ1) is 7.35. The molecule has 0 unspecified atom stereocenters. The Balaban J connectivity index is 3.65. The Labute approximate surface area is 104 Å². The van der Waals surface area contributed by atoms with Crippen LogP contribution in [-0.2, 0) is 14.8 Å². The van der Waals surface area contributed by atoms with Crippen molar-refractivity contribution in [1.29, 1.82) is 0 Å². The quantitative estimate of drug-likeness (QED) is 0.676. The van der Waals surface area contributed by atoms with Crippen molar-refractivity contribution in [2.45, 2.75) is 51.8 Å². The highest BCUT2D eigenvalue weighted by Crippen LogP contribution is 2.56. The van der Waals surface area contributed by atoms with Gasteiger partial charge >= 0.3 is 0 Å². The lowest BCUT2D eigenvalue weighted by molar-refractivity contribution is -0.126. The van der Waals surface area contributed by atoms with Crippen LogP contribution in [0, 0.1) is 5.41 Å². The molecule has 0 radical (unpaired) electrons. The Morgan fingerprint density at radius 3 is 1.76 bits per heavy atom. The molecule has 0 aromatic heterocycles. The number of amides is 1. The number of hydrogen-bond donors (Lipinski definition) is 0. The van der Waals surface area contributed by atoms with Gasteiger partial charge in [0.25, 0.3) is 5.91 Å². The summed E-state index contributed by atoms with van der Waals surface area (Å²) >= 11 is 0. The average molecular weight is 259 g/mol. The summed E-state index contributed by atoms with van der Waals surface area (Å²) in [4.78, 5) is 11.8. The number of sulfonamides is 1. The molecule has 1 fully saturated rings. The lowest BCUT2D eigenvalue weighted by Gasteiger charge is -2.41. The maximum atomic E-state index is 12.5. The molecular formula is C12H21NO3S. The van der Waals surface area contributed by atoms with Crippen molar-refractivity contribution >= 4 is 15.9 Å². The second kappa shape index (κ2) is 3.34. The van der Waals surface area contributed by atoms with Crippen molar-refractivity contribution in [2.24, 2.45) is 5.41 Å². The van der Waals surface area contributed by atoms with Crippen LogP contribution in [0.4, 0.5) is 0 Å². The van der Waals surface area contributed by atoms with E-state index in [9.17, 15) is 13.2 Å². The number of nitrogens with zero attached hydrogens (tertiary/aromatic N) is 1. The van der Waals surface area contributed by atoms with E-state index in [1.807, 2.05) is 13.8 Å². The summed E-state index contributed by atoms with van der Waals surface area (Å²) in [5.74, 6) is -0.561. The van der Waals surface area contributed by atoms with Crippen molar-refractivity contribution in [3.63, 3.8) is 0 Å². The summed E-state index contributed by atoms with van der Waals surface area (Å²) in [6.45, 7) is 14.0. The van der Waals surface area contributed by atoms with Gasteiger partial charge in [0.2, 0.25) is 10.0 Å². The molecule has 1 aliphatic rings. The fourth-order valence-corrected chi connectivity index (χ4v) is 4.81. The van der Waals surface area contributed by atoms with E-state index in [4.69, 9.17) is 0 Å². The van der Waals surface area contributed by atoms with Gasteiger partial charge in [0.1, 0.15) is 0 Å². The minimum Gasteiger partial charge on any atom is -0.269 e. The Hall–Kier alpha value is -0.840. The van der Waals surface area contributed by atoms with Crippen molar-refractivity contribution < 1.29 is 13.2 Å². The maximum Gasteiger partial charge on any atom is 0.259 e. The summed E-state index contributed by atoms with van der Waals surface area (Å²) < 4.78 is 25.0. The van der Waals surface area contributed by atoms with Gasteiger partial charge in [-0.2, -0.15) is 0 Å². The van der Waals surface area contributed by atoms with E-state index in [-0.39, 0.29) is 0 Å². The molecule has 0 aromatic rings. The maximum absolute atomic E-state index is 12.5. The van der Waals surface area contributed by atoms with Gasteiger partial charge in [-0.3, -0.25) is 4.79 Å². The highest BCUT2D eigenvalue weighted by atomic mass is 32.2. The van der Waals surface area contributed by atoms with E-state index >= 15 is 0 Å². The normalized spacial score (nSPS) is 27.8. The molecule has 0 aliphatic carbocycles. The molecule has 98 valence electrons. The largest absolute Gasteiger partial charge is 0.269 e. The SMILES string of the molecule is C=CC(=O)N1C(C)(C)C(C)(C)C(C)(C)S1(=O)=O. The molecule has 5 heteroatoms. The number of carbonyl (C=O) groups excluding carboxylic acids is 1. The monoisotopic (exact) mass is 259 g/mol. The zero-order chi connectivity index (χ0) is 13.9. The van der Waals surface area contributed by atoms with Gasteiger partial charge in [0.15, 0.2) is 0 Å². The summed E-state index contributed by atoms with van der Waals surface area (Å²) in [6, 6.07) is 0. The third-order valence-corrected chi connectivity index (χ3v) is 7.72. The van der Waals surface area contributed by atoms with E-state index in [0.29, 0.717) is 0 Å². The highest BCUT2D eigenvalue weighted by molar-refractivity contribution is 7.91. The topological polar surface area (TPSA) is 54.5 Å². The molecule has 1 heterocycles. The lowest BCUT2D eigenvalue weighted by Crippen LogP contribution is -2.51. The van der Waals surface area contributed by atoms with Crippen LogP contribution in [0.25, 0.3) is 0 Å². The van der Waals surface area contributed by atoms with Crippen molar-refractivity contribution in [1.82, 2.24) is 4.31 Å². The molecular weight excluding hydrogens is 238 g/mol. The summed E-state index contributed by atoms with van der Waals surface area (Å²) in [5, 5.41) is 0. The van der Waals surface area contributed by atoms with Crippen LogP contribution in [0.1, 0.15) is 41.5 Å². The molecule has 0 N–H and O–H groups in total. The van der Waals surface area contributed by atoms with E-state index < -0.39 is 31.6 Å². The molecule has 0 spiro atoms. The zero-order valence-electron chi connectivity index (χ0n) is 11.4. The highest BCUT2D eigenvalue weighted by Gasteiger charge is 2.68. The zero-order valence-corrected chi connectivity index (χ0v) is 12.2. The number of rotatable bonds is 1. The van der Waals surface area contributed by atoms with Crippen LogP contribution in [0.3, 0.4) is 0 Å². The molecule has 0 atom stereocenters. The van der Waals surface area contributed by atoms with Gasteiger partial charge < -0.3 is 0 Å². The standard InChI is InChI=1S/C12H21NO3S/c1-8-9(14)13-11(4,5)10(2,3)12(6,7)17(13,15)16/h8H,1H2,2-7H3. The molecule has 1 saturated heterocycles.